The van der Waals surface area contributed by atoms with Crippen LogP contribution in [0.3, 0.4) is 0 Å². The monoisotopic (exact) mass is 426 g/mol. The minimum atomic E-state index is -2.91. The van der Waals surface area contributed by atoms with Crippen LogP contribution in [-0.2, 0) is 17.6 Å². The Morgan fingerprint density at radius 3 is 2.62 bits per heavy atom. The van der Waals surface area contributed by atoms with Gasteiger partial charge in [0, 0.05) is 11.1 Å². The first-order chi connectivity index (χ1) is 13.8. The number of allylic oxidation sites excluding steroid dienone is 1. The Morgan fingerprint density at radius 2 is 2.00 bits per heavy atom. The zero-order chi connectivity index (χ0) is 21.6. The molecule has 1 atom stereocenters. The first-order valence-electron chi connectivity index (χ1n) is 9.06. The number of nitrogens with zero attached hydrogens (tertiary/aromatic N) is 2. The molecule has 0 bridgehead atoms. The van der Waals surface area contributed by atoms with E-state index in [-0.39, 0.29) is 23.2 Å². The summed E-state index contributed by atoms with van der Waals surface area (Å²) in [6, 6.07) is 3.20. The van der Waals surface area contributed by atoms with Crippen LogP contribution in [0.4, 0.5) is 19.0 Å². The molecule has 0 fully saturated rings. The summed E-state index contributed by atoms with van der Waals surface area (Å²) in [7, 11) is 0. The van der Waals surface area contributed by atoms with Crippen molar-refractivity contribution in [3.8, 4) is 0 Å². The van der Waals surface area contributed by atoms with Crippen LogP contribution in [0.2, 0.25) is 5.28 Å². The highest BCUT2D eigenvalue weighted by atomic mass is 35.5. The number of alkyl halides is 2. The van der Waals surface area contributed by atoms with Crippen molar-refractivity contribution < 1.29 is 18.0 Å². The summed E-state index contributed by atoms with van der Waals surface area (Å²) in [5, 5.41) is 3.04. The maximum absolute atomic E-state index is 14.5. The van der Waals surface area contributed by atoms with Crippen LogP contribution >= 0.6 is 11.6 Å². The van der Waals surface area contributed by atoms with Crippen molar-refractivity contribution in [3.05, 3.63) is 63.8 Å². The van der Waals surface area contributed by atoms with Crippen LogP contribution in [0.15, 0.2) is 30.4 Å². The number of nitrogens with one attached hydrogen (secondary N) is 1. The second-order valence-corrected chi connectivity index (χ2v) is 6.65. The maximum Gasteiger partial charge on any atom is 0.266 e. The smallest absolute Gasteiger partial charge is 0.266 e. The van der Waals surface area contributed by atoms with Crippen LogP contribution < -0.4 is 11.1 Å². The Hall–Kier alpha value is -2.45. The SMILES string of the molecule is CCc1nc(Cl)nc(N[C@H](C)c2cccc(C(F)F)c2F)c1C/C=C/C(=O)CN. The van der Waals surface area contributed by atoms with E-state index in [4.69, 9.17) is 17.3 Å². The minimum Gasteiger partial charge on any atom is -0.363 e. The molecule has 5 nitrogen and oxygen atoms in total. The predicted molar refractivity (Wildman–Crippen MR) is 107 cm³/mol. The van der Waals surface area contributed by atoms with Crippen molar-refractivity contribution in [2.45, 2.75) is 39.2 Å². The molecule has 1 aromatic carbocycles. The molecule has 3 N–H and O–H groups in total. The Labute approximate surface area is 172 Å². The third-order valence-electron chi connectivity index (χ3n) is 4.34. The van der Waals surface area contributed by atoms with Crippen molar-refractivity contribution in [1.82, 2.24) is 9.97 Å². The predicted octanol–water partition coefficient (Wildman–Crippen LogP) is 4.57. The molecule has 1 aromatic heterocycles. The lowest BCUT2D eigenvalue weighted by molar-refractivity contribution is -0.113. The molecule has 29 heavy (non-hydrogen) atoms. The molecule has 0 radical (unpaired) electrons. The van der Waals surface area contributed by atoms with Gasteiger partial charge in [0.1, 0.15) is 11.6 Å². The summed E-state index contributed by atoms with van der Waals surface area (Å²) >= 11 is 6.01. The van der Waals surface area contributed by atoms with E-state index in [1.54, 1.807) is 13.0 Å². The first kappa shape index (κ1) is 22.8. The van der Waals surface area contributed by atoms with Gasteiger partial charge in [-0.2, -0.15) is 0 Å². The third kappa shape index (κ3) is 5.77. The molecule has 1 heterocycles. The fraction of sp³-hybridized carbons (Fsp3) is 0.350. The van der Waals surface area contributed by atoms with Gasteiger partial charge in [0.15, 0.2) is 5.78 Å². The average molecular weight is 427 g/mol. The van der Waals surface area contributed by atoms with Gasteiger partial charge < -0.3 is 11.1 Å². The number of hydrogen-bond donors (Lipinski definition) is 2. The van der Waals surface area contributed by atoms with Gasteiger partial charge >= 0.3 is 0 Å². The summed E-state index contributed by atoms with van der Waals surface area (Å²) in [5.74, 6) is -0.846. The highest BCUT2D eigenvalue weighted by Gasteiger charge is 2.21. The van der Waals surface area contributed by atoms with E-state index in [1.807, 2.05) is 6.92 Å². The molecular weight excluding hydrogens is 405 g/mol. The van der Waals surface area contributed by atoms with Gasteiger partial charge in [0.2, 0.25) is 5.28 Å². The maximum atomic E-state index is 14.5. The van der Waals surface area contributed by atoms with Crippen molar-refractivity contribution in [3.63, 3.8) is 0 Å². The van der Waals surface area contributed by atoms with Crippen molar-refractivity contribution >= 4 is 23.2 Å². The largest absolute Gasteiger partial charge is 0.363 e. The molecule has 0 spiro atoms. The summed E-state index contributed by atoms with van der Waals surface area (Å²) in [4.78, 5) is 19.8. The zero-order valence-electron chi connectivity index (χ0n) is 16.1. The number of carbonyl (C=O) groups is 1. The molecule has 0 amide bonds. The quantitative estimate of drug-likeness (QED) is 0.453. The van der Waals surface area contributed by atoms with E-state index in [2.05, 4.69) is 15.3 Å². The Morgan fingerprint density at radius 1 is 1.31 bits per heavy atom. The van der Waals surface area contributed by atoms with E-state index >= 15 is 0 Å². The van der Waals surface area contributed by atoms with Crippen molar-refractivity contribution in [2.75, 3.05) is 11.9 Å². The Kier molecular flexibility index (Phi) is 8.16. The second-order valence-electron chi connectivity index (χ2n) is 6.31. The molecule has 2 rings (SSSR count). The van der Waals surface area contributed by atoms with Crippen LogP contribution in [-0.4, -0.2) is 22.3 Å². The van der Waals surface area contributed by atoms with E-state index in [1.165, 1.54) is 18.2 Å². The van der Waals surface area contributed by atoms with Gasteiger partial charge in [0.25, 0.3) is 6.43 Å². The average Bonchev–Trinajstić information content (AvgIpc) is 2.68. The normalized spacial score (nSPS) is 12.6. The third-order valence-corrected chi connectivity index (χ3v) is 4.51. The first-order valence-corrected chi connectivity index (χ1v) is 9.43. The lowest BCUT2D eigenvalue weighted by Crippen LogP contribution is -2.15. The van der Waals surface area contributed by atoms with E-state index in [0.717, 1.165) is 6.07 Å². The van der Waals surface area contributed by atoms with Crippen molar-refractivity contribution in [2.24, 2.45) is 5.73 Å². The fourth-order valence-electron chi connectivity index (χ4n) is 2.86. The van der Waals surface area contributed by atoms with Crippen LogP contribution in [0.25, 0.3) is 0 Å². The minimum absolute atomic E-state index is 0.00381. The van der Waals surface area contributed by atoms with Crippen molar-refractivity contribution in [1.29, 1.82) is 0 Å². The number of aromatic nitrogens is 2. The van der Waals surface area contributed by atoms with E-state index in [0.29, 0.717) is 29.9 Å². The second kappa shape index (κ2) is 10.4. The zero-order valence-corrected chi connectivity index (χ0v) is 16.8. The topological polar surface area (TPSA) is 80.9 Å². The standard InChI is InChI=1S/C20H22ClF3N4O/c1-3-16-14(8-4-6-12(29)10-25)19(28-20(21)27-16)26-11(2)13-7-5-9-15(17(13)22)18(23)24/h4-7,9,11,18H,3,8,10,25H2,1-2H3,(H,26,27,28)/b6-4+/t11-/m1/s1. The van der Waals surface area contributed by atoms with Gasteiger partial charge in [0.05, 0.1) is 23.8 Å². The molecule has 156 valence electrons. The van der Waals surface area contributed by atoms with Gasteiger partial charge in [-0.3, -0.25) is 4.79 Å². The number of hydrogen-bond acceptors (Lipinski definition) is 5. The Balaban J connectivity index is 2.38. The molecule has 0 unspecified atom stereocenters. The molecule has 9 heteroatoms. The van der Waals surface area contributed by atoms with E-state index in [9.17, 15) is 18.0 Å². The Bertz CT molecular complexity index is 906. The molecule has 0 saturated carbocycles. The summed E-state index contributed by atoms with van der Waals surface area (Å²) in [6.45, 7) is 3.42. The summed E-state index contributed by atoms with van der Waals surface area (Å²) < 4.78 is 40.5. The molecule has 0 aliphatic rings. The highest BCUT2D eigenvalue weighted by molar-refractivity contribution is 6.28. The number of nitrogens with two attached hydrogens (primary N) is 1. The van der Waals surface area contributed by atoms with Gasteiger partial charge in [-0.15, -0.1) is 0 Å². The van der Waals surface area contributed by atoms with Gasteiger partial charge in [-0.25, -0.2) is 23.1 Å². The summed E-state index contributed by atoms with van der Waals surface area (Å²) in [5.41, 5.74) is 6.05. The fourth-order valence-corrected chi connectivity index (χ4v) is 3.04. The van der Waals surface area contributed by atoms with Gasteiger partial charge in [-0.1, -0.05) is 31.2 Å². The number of anilines is 1. The number of carbonyl (C=O) groups excluding carboxylic acids is 1. The number of halogens is 4. The molecule has 0 saturated heterocycles. The van der Waals surface area contributed by atoms with E-state index < -0.39 is 23.8 Å². The van der Waals surface area contributed by atoms with Gasteiger partial charge in [-0.05, 0) is 37.4 Å². The summed E-state index contributed by atoms with van der Waals surface area (Å²) in [6.07, 6.45) is 0.958. The molecular formula is C20H22ClF3N4O. The lowest BCUT2D eigenvalue weighted by atomic mass is 10.0. The highest BCUT2D eigenvalue weighted by Crippen LogP contribution is 2.30. The molecule has 0 aliphatic heterocycles. The van der Waals surface area contributed by atoms with Crippen LogP contribution in [0, 0.1) is 5.82 Å². The number of aryl methyl sites for hydroxylation is 1. The number of ketones is 1. The number of benzene rings is 1. The number of rotatable bonds is 9. The molecule has 2 aromatic rings. The van der Waals surface area contributed by atoms with Crippen LogP contribution in [0.1, 0.15) is 48.7 Å². The lowest BCUT2D eigenvalue weighted by Gasteiger charge is -2.20. The molecule has 0 aliphatic carbocycles. The van der Waals surface area contributed by atoms with Crippen LogP contribution in [0.5, 0.6) is 0 Å².